The summed E-state index contributed by atoms with van der Waals surface area (Å²) in [5, 5.41) is 0. The van der Waals surface area contributed by atoms with Gasteiger partial charge in [-0.25, -0.2) is 0 Å². The maximum Gasteiger partial charge on any atom is 0.262 e. The normalized spacial score (nSPS) is 19.3. The Labute approximate surface area is 316 Å². The molecule has 5 rings (SSSR count). The zero-order chi connectivity index (χ0) is 38.5. The number of carbonyl (C=O) groups is 6. The fourth-order valence-electron chi connectivity index (χ4n) is 6.93. The van der Waals surface area contributed by atoms with Crippen molar-refractivity contribution in [1.29, 1.82) is 0 Å². The molecule has 14 nitrogen and oxygen atoms in total. The average molecular weight is 749 g/mol. The van der Waals surface area contributed by atoms with Gasteiger partial charge in [-0.1, -0.05) is 63.8 Å². The van der Waals surface area contributed by atoms with Gasteiger partial charge in [-0.15, -0.1) is 0 Å². The Kier molecular flexibility index (Phi) is 15.3. The summed E-state index contributed by atoms with van der Waals surface area (Å²) in [6.07, 6.45) is 3.58. The van der Waals surface area contributed by atoms with Crippen molar-refractivity contribution in [3.8, 4) is 0 Å². The molecule has 2 atom stereocenters. The first-order valence-electron chi connectivity index (χ1n) is 19.1. The minimum Gasteiger partial charge on any atom is -0.377 e. The fourth-order valence-corrected chi connectivity index (χ4v) is 6.93. The molecule has 0 radical (unpaired) electrons. The maximum absolute atomic E-state index is 14.1. The summed E-state index contributed by atoms with van der Waals surface area (Å²) in [5.74, 6) is -2.53. The molecule has 1 fully saturated rings. The molecule has 0 spiro atoms. The standard InChI is InChI=1S/C40H52N4O10/c1-3-5-15-33(43-35(45)29-11-7-8-12-30(29)36(43)46)39(49)41-17-21-51-25-27-53-23-19-42(20-24-54-28-26-52-22-18-41)40(50)34(16-6-4-2)44-37(47)31-13-9-10-14-32(31)38(44)48/h7-14,33-34H,3-6,15-28H2,1-2H3/t33-,34+. The molecule has 14 heteroatoms. The first kappa shape index (κ1) is 40.7. The highest BCUT2D eigenvalue weighted by atomic mass is 16.5. The third-order valence-electron chi connectivity index (χ3n) is 9.90. The van der Waals surface area contributed by atoms with Crippen LogP contribution in [0.2, 0.25) is 0 Å². The van der Waals surface area contributed by atoms with Crippen LogP contribution in [0.4, 0.5) is 0 Å². The Morgan fingerprint density at radius 1 is 0.500 bits per heavy atom. The Morgan fingerprint density at radius 3 is 1.04 bits per heavy atom. The van der Waals surface area contributed by atoms with Crippen LogP contribution in [0.3, 0.4) is 0 Å². The number of hydrogen-bond acceptors (Lipinski definition) is 10. The smallest absolute Gasteiger partial charge is 0.262 e. The summed E-state index contributed by atoms with van der Waals surface area (Å²) >= 11 is 0. The minimum absolute atomic E-state index is 0.185. The van der Waals surface area contributed by atoms with E-state index < -0.39 is 35.7 Å². The molecule has 6 amide bonds. The van der Waals surface area contributed by atoms with Crippen LogP contribution in [0.5, 0.6) is 0 Å². The number of fused-ring (bicyclic) bond motifs is 2. The number of unbranched alkanes of at least 4 members (excludes halogenated alkanes) is 2. The van der Waals surface area contributed by atoms with Crippen LogP contribution in [0.1, 0.15) is 93.8 Å². The van der Waals surface area contributed by atoms with Gasteiger partial charge in [0.15, 0.2) is 0 Å². The zero-order valence-electron chi connectivity index (χ0n) is 31.4. The summed E-state index contributed by atoms with van der Waals surface area (Å²) in [6.45, 7) is 6.47. The number of rotatable bonds is 10. The number of benzene rings is 2. The van der Waals surface area contributed by atoms with E-state index in [2.05, 4.69) is 0 Å². The monoisotopic (exact) mass is 748 g/mol. The highest BCUT2D eigenvalue weighted by Gasteiger charge is 2.45. The number of ether oxygens (including phenoxy) is 4. The SMILES string of the molecule is CCCC[C@H](C(=O)N1CCOCCOCCN(C(=O)[C@H](CCCC)N2C(=O)c3ccccc3C2=O)CCOCCOCC1)N1C(=O)c2ccccc2C1=O. The lowest BCUT2D eigenvalue weighted by atomic mass is 10.1. The molecule has 0 bridgehead atoms. The fraction of sp³-hybridized carbons (Fsp3) is 0.550. The maximum atomic E-state index is 14.1. The number of nitrogens with zero attached hydrogens (tertiary/aromatic N) is 4. The van der Waals surface area contributed by atoms with Crippen LogP contribution >= 0.6 is 0 Å². The number of imide groups is 2. The Hall–Kier alpha value is -4.50. The highest BCUT2D eigenvalue weighted by molar-refractivity contribution is 6.23. The molecule has 2 aromatic carbocycles. The zero-order valence-corrected chi connectivity index (χ0v) is 31.4. The van der Waals surface area contributed by atoms with E-state index in [0.717, 1.165) is 22.6 Å². The minimum atomic E-state index is -0.953. The van der Waals surface area contributed by atoms with Gasteiger partial charge in [0, 0.05) is 26.2 Å². The molecule has 292 valence electrons. The van der Waals surface area contributed by atoms with E-state index in [-0.39, 0.29) is 90.8 Å². The number of amides is 6. The lowest BCUT2D eigenvalue weighted by molar-refractivity contribution is -0.138. The molecule has 3 aliphatic heterocycles. The second kappa shape index (κ2) is 20.3. The summed E-state index contributed by atoms with van der Waals surface area (Å²) in [5.41, 5.74) is 1.20. The molecule has 0 unspecified atom stereocenters. The van der Waals surface area contributed by atoms with E-state index in [0.29, 0.717) is 47.9 Å². The van der Waals surface area contributed by atoms with Gasteiger partial charge in [0.05, 0.1) is 75.1 Å². The summed E-state index contributed by atoms with van der Waals surface area (Å²) in [7, 11) is 0. The molecule has 3 aliphatic rings. The van der Waals surface area contributed by atoms with Crippen molar-refractivity contribution in [3.63, 3.8) is 0 Å². The average Bonchev–Trinajstić information content (AvgIpc) is 3.59. The van der Waals surface area contributed by atoms with Gasteiger partial charge in [-0.05, 0) is 37.1 Å². The van der Waals surface area contributed by atoms with Crippen molar-refractivity contribution >= 4 is 35.4 Å². The van der Waals surface area contributed by atoms with Crippen LogP contribution in [0.15, 0.2) is 48.5 Å². The van der Waals surface area contributed by atoms with Gasteiger partial charge < -0.3 is 28.7 Å². The van der Waals surface area contributed by atoms with E-state index in [1.165, 1.54) is 0 Å². The topological polar surface area (TPSA) is 152 Å². The lowest BCUT2D eigenvalue weighted by Gasteiger charge is -2.32. The van der Waals surface area contributed by atoms with Gasteiger partial charge in [0.1, 0.15) is 12.1 Å². The van der Waals surface area contributed by atoms with E-state index in [9.17, 15) is 28.8 Å². The Balaban J connectivity index is 1.20. The van der Waals surface area contributed by atoms with Gasteiger partial charge in [0.2, 0.25) is 11.8 Å². The van der Waals surface area contributed by atoms with E-state index in [1.54, 1.807) is 58.3 Å². The van der Waals surface area contributed by atoms with Gasteiger partial charge >= 0.3 is 0 Å². The lowest BCUT2D eigenvalue weighted by Crippen LogP contribution is -2.52. The van der Waals surface area contributed by atoms with Crippen molar-refractivity contribution < 1.29 is 47.7 Å². The quantitative estimate of drug-likeness (QED) is 0.331. The second-order valence-electron chi connectivity index (χ2n) is 13.5. The van der Waals surface area contributed by atoms with Crippen LogP contribution < -0.4 is 0 Å². The molecule has 1 saturated heterocycles. The predicted octanol–water partition coefficient (Wildman–Crippen LogP) is 3.43. The third-order valence-corrected chi connectivity index (χ3v) is 9.90. The molecule has 54 heavy (non-hydrogen) atoms. The number of hydrogen-bond donors (Lipinski definition) is 0. The summed E-state index contributed by atoms with van der Waals surface area (Å²) < 4.78 is 23.3. The summed E-state index contributed by atoms with van der Waals surface area (Å²) in [4.78, 5) is 87.0. The van der Waals surface area contributed by atoms with Crippen molar-refractivity contribution in [2.45, 2.75) is 64.5 Å². The van der Waals surface area contributed by atoms with Gasteiger partial charge in [-0.2, -0.15) is 0 Å². The van der Waals surface area contributed by atoms with Gasteiger partial charge in [-0.3, -0.25) is 38.6 Å². The van der Waals surface area contributed by atoms with Crippen molar-refractivity contribution in [1.82, 2.24) is 19.6 Å². The molecule has 0 N–H and O–H groups in total. The van der Waals surface area contributed by atoms with Crippen LogP contribution in [-0.4, -0.2) is 146 Å². The second-order valence-corrected chi connectivity index (χ2v) is 13.5. The van der Waals surface area contributed by atoms with Crippen molar-refractivity contribution in [3.05, 3.63) is 70.8 Å². The first-order chi connectivity index (χ1) is 26.3. The molecule has 0 saturated carbocycles. The Morgan fingerprint density at radius 2 is 0.778 bits per heavy atom. The van der Waals surface area contributed by atoms with Gasteiger partial charge in [0.25, 0.3) is 23.6 Å². The number of carbonyl (C=O) groups excluding carboxylic acids is 6. The largest absolute Gasteiger partial charge is 0.377 e. The highest BCUT2D eigenvalue weighted by Crippen LogP contribution is 2.29. The van der Waals surface area contributed by atoms with E-state index >= 15 is 0 Å². The van der Waals surface area contributed by atoms with Crippen molar-refractivity contribution in [2.24, 2.45) is 0 Å². The molecule has 2 aromatic rings. The van der Waals surface area contributed by atoms with E-state index in [1.807, 2.05) is 13.8 Å². The first-order valence-corrected chi connectivity index (χ1v) is 19.1. The van der Waals surface area contributed by atoms with Crippen LogP contribution in [-0.2, 0) is 28.5 Å². The van der Waals surface area contributed by atoms with Crippen LogP contribution in [0.25, 0.3) is 0 Å². The van der Waals surface area contributed by atoms with E-state index in [4.69, 9.17) is 18.9 Å². The molecule has 0 aliphatic carbocycles. The molecule has 0 aromatic heterocycles. The summed E-state index contributed by atoms with van der Waals surface area (Å²) in [6, 6.07) is 11.3. The molecule has 3 heterocycles. The van der Waals surface area contributed by atoms with Crippen LogP contribution in [0, 0.1) is 0 Å². The molecular weight excluding hydrogens is 696 g/mol. The molecular formula is C40H52N4O10. The predicted molar refractivity (Wildman–Crippen MR) is 197 cm³/mol. The Bertz CT molecular complexity index is 1440. The third kappa shape index (κ3) is 9.59. The van der Waals surface area contributed by atoms with Crippen molar-refractivity contribution in [2.75, 3.05) is 79.0 Å².